The molecule has 2 aromatic rings. The Morgan fingerprint density at radius 1 is 1.43 bits per heavy atom. The number of aromatic nitrogens is 4. The van der Waals surface area contributed by atoms with Gasteiger partial charge < -0.3 is 10.4 Å². The standard InChI is InChI=1S/C13H17N5O3/c1-4-18-7-9(8(2)16-18)5-14-12(19)11-10(13(20)21)6-15-17(11)3/h6-7H,4-5H2,1-3H3,(H,14,19)(H,20,21). The zero-order valence-electron chi connectivity index (χ0n) is 12.1. The van der Waals surface area contributed by atoms with Crippen LogP contribution in [0.4, 0.5) is 0 Å². The van der Waals surface area contributed by atoms with Crippen LogP contribution in [0.15, 0.2) is 12.4 Å². The third-order valence-electron chi connectivity index (χ3n) is 3.20. The molecule has 0 atom stereocenters. The molecule has 8 nitrogen and oxygen atoms in total. The fourth-order valence-corrected chi connectivity index (χ4v) is 2.02. The van der Waals surface area contributed by atoms with E-state index in [0.717, 1.165) is 24.0 Å². The third-order valence-corrected chi connectivity index (χ3v) is 3.20. The van der Waals surface area contributed by atoms with Crippen molar-refractivity contribution in [3.8, 4) is 0 Å². The number of hydrogen-bond donors (Lipinski definition) is 2. The van der Waals surface area contributed by atoms with E-state index in [9.17, 15) is 9.59 Å². The molecule has 2 rings (SSSR count). The highest BCUT2D eigenvalue weighted by molar-refractivity contribution is 6.03. The number of aryl methyl sites for hydroxylation is 3. The van der Waals surface area contributed by atoms with E-state index in [2.05, 4.69) is 15.5 Å². The van der Waals surface area contributed by atoms with Crippen molar-refractivity contribution in [1.82, 2.24) is 24.9 Å². The predicted molar refractivity (Wildman–Crippen MR) is 74.0 cm³/mol. The molecule has 0 fully saturated rings. The van der Waals surface area contributed by atoms with Gasteiger partial charge in [-0.2, -0.15) is 10.2 Å². The maximum atomic E-state index is 12.2. The Labute approximate surface area is 121 Å². The minimum Gasteiger partial charge on any atom is -0.478 e. The van der Waals surface area contributed by atoms with E-state index >= 15 is 0 Å². The smallest absolute Gasteiger partial charge is 0.339 e. The molecular weight excluding hydrogens is 274 g/mol. The van der Waals surface area contributed by atoms with E-state index in [1.54, 1.807) is 4.68 Å². The topological polar surface area (TPSA) is 102 Å². The summed E-state index contributed by atoms with van der Waals surface area (Å²) in [6, 6.07) is 0. The van der Waals surface area contributed by atoms with Crippen molar-refractivity contribution in [3.63, 3.8) is 0 Å². The number of rotatable bonds is 5. The fraction of sp³-hybridized carbons (Fsp3) is 0.385. The summed E-state index contributed by atoms with van der Waals surface area (Å²) in [5, 5.41) is 19.8. The number of carboxylic acid groups (broad SMARTS) is 1. The molecule has 8 heteroatoms. The summed E-state index contributed by atoms with van der Waals surface area (Å²) in [4.78, 5) is 23.2. The highest BCUT2D eigenvalue weighted by Gasteiger charge is 2.21. The van der Waals surface area contributed by atoms with E-state index in [1.165, 1.54) is 11.7 Å². The zero-order chi connectivity index (χ0) is 15.6. The van der Waals surface area contributed by atoms with Gasteiger partial charge in [-0.15, -0.1) is 0 Å². The molecule has 0 aromatic carbocycles. The lowest BCUT2D eigenvalue weighted by molar-refractivity contribution is 0.0690. The van der Waals surface area contributed by atoms with Crippen LogP contribution in [-0.2, 0) is 20.1 Å². The number of nitrogens with one attached hydrogen (secondary N) is 1. The van der Waals surface area contributed by atoms with Gasteiger partial charge in [0.25, 0.3) is 5.91 Å². The summed E-state index contributed by atoms with van der Waals surface area (Å²) in [6.07, 6.45) is 3.02. The SMILES string of the molecule is CCn1cc(CNC(=O)c2c(C(=O)O)cnn2C)c(C)n1. The van der Waals surface area contributed by atoms with Crippen molar-refractivity contribution >= 4 is 11.9 Å². The molecule has 0 aliphatic heterocycles. The first-order valence-corrected chi connectivity index (χ1v) is 6.50. The molecular formula is C13H17N5O3. The van der Waals surface area contributed by atoms with Crippen molar-refractivity contribution in [2.24, 2.45) is 7.05 Å². The van der Waals surface area contributed by atoms with Crippen LogP contribution in [-0.4, -0.2) is 36.5 Å². The van der Waals surface area contributed by atoms with Gasteiger partial charge in [-0.25, -0.2) is 4.79 Å². The number of carbonyl (C=O) groups is 2. The number of hydrogen-bond acceptors (Lipinski definition) is 4. The number of nitrogens with zero attached hydrogens (tertiary/aromatic N) is 4. The number of carbonyl (C=O) groups excluding carboxylic acids is 1. The second kappa shape index (κ2) is 5.78. The van der Waals surface area contributed by atoms with Gasteiger partial charge in [0, 0.05) is 31.9 Å². The molecule has 2 heterocycles. The molecule has 0 bridgehead atoms. The Morgan fingerprint density at radius 3 is 2.71 bits per heavy atom. The minimum atomic E-state index is -1.18. The first kappa shape index (κ1) is 14.8. The van der Waals surface area contributed by atoms with E-state index in [-0.39, 0.29) is 17.8 Å². The summed E-state index contributed by atoms with van der Waals surface area (Å²) in [5.41, 5.74) is 1.64. The number of carboxylic acids is 1. The van der Waals surface area contributed by atoms with Crippen molar-refractivity contribution < 1.29 is 14.7 Å². The molecule has 2 N–H and O–H groups in total. The maximum absolute atomic E-state index is 12.2. The van der Waals surface area contributed by atoms with Crippen molar-refractivity contribution in [3.05, 3.63) is 34.9 Å². The number of amides is 1. The molecule has 0 aliphatic rings. The second-order valence-corrected chi connectivity index (χ2v) is 4.61. The Kier molecular flexibility index (Phi) is 4.06. The van der Waals surface area contributed by atoms with Gasteiger partial charge in [0.1, 0.15) is 11.3 Å². The summed E-state index contributed by atoms with van der Waals surface area (Å²) >= 11 is 0. The first-order chi connectivity index (χ1) is 9.93. The van der Waals surface area contributed by atoms with Crippen LogP contribution in [0.25, 0.3) is 0 Å². The van der Waals surface area contributed by atoms with Crippen LogP contribution >= 0.6 is 0 Å². The monoisotopic (exact) mass is 291 g/mol. The first-order valence-electron chi connectivity index (χ1n) is 6.50. The molecule has 0 saturated heterocycles. The largest absolute Gasteiger partial charge is 0.478 e. The fourth-order valence-electron chi connectivity index (χ4n) is 2.02. The molecule has 1 amide bonds. The van der Waals surface area contributed by atoms with Crippen LogP contribution in [0.1, 0.15) is 39.0 Å². The van der Waals surface area contributed by atoms with Gasteiger partial charge in [0.05, 0.1) is 11.9 Å². The molecule has 112 valence electrons. The summed E-state index contributed by atoms with van der Waals surface area (Å²) < 4.78 is 3.03. The lowest BCUT2D eigenvalue weighted by Gasteiger charge is -2.05. The van der Waals surface area contributed by atoms with Gasteiger partial charge >= 0.3 is 5.97 Å². The summed E-state index contributed by atoms with van der Waals surface area (Å²) in [6.45, 7) is 4.87. The highest BCUT2D eigenvalue weighted by Crippen LogP contribution is 2.09. The highest BCUT2D eigenvalue weighted by atomic mass is 16.4. The van der Waals surface area contributed by atoms with E-state index < -0.39 is 11.9 Å². The lowest BCUT2D eigenvalue weighted by atomic mass is 10.2. The van der Waals surface area contributed by atoms with Crippen LogP contribution in [0.2, 0.25) is 0 Å². The molecule has 0 radical (unpaired) electrons. The van der Waals surface area contributed by atoms with Gasteiger partial charge in [-0.3, -0.25) is 14.2 Å². The van der Waals surface area contributed by atoms with Gasteiger partial charge in [-0.1, -0.05) is 0 Å². The van der Waals surface area contributed by atoms with Crippen molar-refractivity contribution in [2.45, 2.75) is 26.9 Å². The number of aromatic carboxylic acids is 1. The Bertz CT molecular complexity index is 686. The van der Waals surface area contributed by atoms with Crippen molar-refractivity contribution in [1.29, 1.82) is 0 Å². The average Bonchev–Trinajstić information content (AvgIpc) is 2.99. The van der Waals surface area contributed by atoms with Crippen LogP contribution in [0.3, 0.4) is 0 Å². The Balaban J connectivity index is 2.13. The summed E-state index contributed by atoms with van der Waals surface area (Å²) in [7, 11) is 1.53. The molecule has 0 saturated carbocycles. The Hall–Kier alpha value is -2.64. The predicted octanol–water partition coefficient (Wildman–Crippen LogP) is 0.573. The van der Waals surface area contributed by atoms with E-state index in [1.807, 2.05) is 20.0 Å². The Morgan fingerprint density at radius 2 is 2.14 bits per heavy atom. The van der Waals surface area contributed by atoms with Gasteiger partial charge in [0.2, 0.25) is 0 Å². The van der Waals surface area contributed by atoms with Gasteiger partial charge in [0.15, 0.2) is 0 Å². The molecule has 0 spiro atoms. The second-order valence-electron chi connectivity index (χ2n) is 4.61. The van der Waals surface area contributed by atoms with Gasteiger partial charge in [-0.05, 0) is 13.8 Å². The van der Waals surface area contributed by atoms with Crippen LogP contribution in [0.5, 0.6) is 0 Å². The zero-order valence-corrected chi connectivity index (χ0v) is 12.1. The maximum Gasteiger partial charge on any atom is 0.339 e. The van der Waals surface area contributed by atoms with Crippen LogP contribution < -0.4 is 5.32 Å². The molecule has 0 unspecified atom stereocenters. The van der Waals surface area contributed by atoms with E-state index in [4.69, 9.17) is 5.11 Å². The molecule has 0 aliphatic carbocycles. The summed E-state index contributed by atoms with van der Waals surface area (Å²) in [5.74, 6) is -1.65. The molecule has 2 aromatic heterocycles. The lowest BCUT2D eigenvalue weighted by Crippen LogP contribution is -2.27. The average molecular weight is 291 g/mol. The minimum absolute atomic E-state index is 0.0306. The van der Waals surface area contributed by atoms with E-state index in [0.29, 0.717) is 0 Å². The van der Waals surface area contributed by atoms with Crippen LogP contribution in [0, 0.1) is 6.92 Å². The van der Waals surface area contributed by atoms with Crippen molar-refractivity contribution in [2.75, 3.05) is 0 Å². The molecule has 21 heavy (non-hydrogen) atoms. The third kappa shape index (κ3) is 2.93. The normalized spacial score (nSPS) is 10.6. The quantitative estimate of drug-likeness (QED) is 0.838.